The summed E-state index contributed by atoms with van der Waals surface area (Å²) in [7, 11) is 0. The van der Waals surface area contributed by atoms with E-state index < -0.39 is 5.60 Å². The van der Waals surface area contributed by atoms with Gasteiger partial charge >= 0.3 is 6.09 Å². The minimum Gasteiger partial charge on any atom is -0.444 e. The summed E-state index contributed by atoms with van der Waals surface area (Å²) in [6, 6.07) is 0.436. The zero-order valence-corrected chi connectivity index (χ0v) is 13.3. The van der Waals surface area contributed by atoms with E-state index in [1.807, 2.05) is 20.8 Å². The number of hydrogen-bond acceptors (Lipinski definition) is 4. The van der Waals surface area contributed by atoms with E-state index in [1.54, 1.807) is 4.90 Å². The quantitative estimate of drug-likeness (QED) is 0.865. The fourth-order valence-electron chi connectivity index (χ4n) is 2.42. The van der Waals surface area contributed by atoms with Gasteiger partial charge in [-0.25, -0.2) is 4.79 Å². The Bertz CT molecular complexity index is 329. The second-order valence-corrected chi connectivity index (χ2v) is 8.55. The normalized spacial score (nSPS) is 28.3. The van der Waals surface area contributed by atoms with Crippen molar-refractivity contribution in [3.05, 3.63) is 0 Å². The topological polar surface area (TPSA) is 41.6 Å². The lowest BCUT2D eigenvalue weighted by atomic mass is 10.0. The van der Waals surface area contributed by atoms with Crippen LogP contribution in [0.25, 0.3) is 0 Å². The van der Waals surface area contributed by atoms with Crippen LogP contribution in [0.1, 0.15) is 40.5 Å². The average molecular weight is 286 g/mol. The van der Waals surface area contributed by atoms with Crippen molar-refractivity contribution in [1.29, 1.82) is 0 Å². The second kappa shape index (κ2) is 5.52. The third kappa shape index (κ3) is 4.28. The van der Waals surface area contributed by atoms with Crippen LogP contribution in [0.5, 0.6) is 0 Å². The van der Waals surface area contributed by atoms with Gasteiger partial charge in [-0.1, -0.05) is 0 Å². The van der Waals surface area contributed by atoms with Crippen molar-refractivity contribution in [2.24, 2.45) is 0 Å². The van der Waals surface area contributed by atoms with Crippen molar-refractivity contribution in [3.8, 4) is 0 Å². The third-order valence-corrected chi connectivity index (χ3v) is 5.14. The predicted molar refractivity (Wildman–Crippen MR) is 79.7 cm³/mol. The highest BCUT2D eigenvalue weighted by Gasteiger charge is 2.36. The van der Waals surface area contributed by atoms with Crippen molar-refractivity contribution in [2.45, 2.75) is 56.9 Å². The molecule has 1 N–H and O–H groups in total. The molecule has 0 bridgehead atoms. The van der Waals surface area contributed by atoms with Gasteiger partial charge in [-0.3, -0.25) is 0 Å². The zero-order valence-electron chi connectivity index (χ0n) is 12.5. The van der Waals surface area contributed by atoms with Gasteiger partial charge in [0.15, 0.2) is 0 Å². The molecule has 2 rings (SSSR count). The van der Waals surface area contributed by atoms with Crippen LogP contribution in [0.2, 0.25) is 0 Å². The van der Waals surface area contributed by atoms with E-state index in [-0.39, 0.29) is 6.09 Å². The molecule has 2 saturated heterocycles. The molecule has 0 aliphatic carbocycles. The molecule has 0 aromatic heterocycles. The fraction of sp³-hybridized carbons (Fsp3) is 0.929. The highest BCUT2D eigenvalue weighted by atomic mass is 32.2. The third-order valence-electron chi connectivity index (χ3n) is 3.60. The molecule has 110 valence electrons. The summed E-state index contributed by atoms with van der Waals surface area (Å²) in [4.78, 5) is 13.6. The van der Waals surface area contributed by atoms with Crippen molar-refractivity contribution in [2.75, 3.05) is 25.4 Å². The van der Waals surface area contributed by atoms with E-state index in [9.17, 15) is 4.79 Å². The van der Waals surface area contributed by atoms with E-state index in [0.29, 0.717) is 10.8 Å². The first-order valence-corrected chi connectivity index (χ1v) is 8.11. The van der Waals surface area contributed by atoms with Crippen LogP contribution < -0.4 is 5.32 Å². The number of ether oxygens (including phenoxy) is 1. The highest BCUT2D eigenvalue weighted by Crippen LogP contribution is 2.37. The van der Waals surface area contributed by atoms with Gasteiger partial charge in [0.2, 0.25) is 0 Å². The molecular formula is C14H26N2O2S. The number of likely N-dealkylation sites (tertiary alicyclic amines) is 1. The lowest BCUT2D eigenvalue weighted by Gasteiger charge is -2.41. The average Bonchev–Trinajstić information content (AvgIpc) is 2.60. The Kier molecular flexibility index (Phi) is 4.35. The minimum atomic E-state index is -0.399. The molecule has 0 radical (unpaired) electrons. The standard InChI is InChI=1S/C14H26N2O2S/c1-13(2,3)18-12(17)16-8-11(9-16)15-10-14(4)6-5-7-19-14/h11,15H,5-10H2,1-4H3. The first kappa shape index (κ1) is 15.0. The Morgan fingerprint density at radius 3 is 2.68 bits per heavy atom. The number of amides is 1. The highest BCUT2D eigenvalue weighted by molar-refractivity contribution is 8.00. The summed E-state index contributed by atoms with van der Waals surface area (Å²) in [5, 5.41) is 3.58. The zero-order chi connectivity index (χ0) is 14.1. The Labute approximate surface area is 120 Å². The first-order valence-electron chi connectivity index (χ1n) is 7.13. The Hall–Kier alpha value is -0.420. The predicted octanol–water partition coefficient (Wildman–Crippen LogP) is 2.48. The van der Waals surface area contributed by atoms with Crippen LogP contribution in [-0.2, 0) is 4.74 Å². The maximum atomic E-state index is 11.8. The summed E-state index contributed by atoms with van der Waals surface area (Å²) in [5.41, 5.74) is -0.399. The van der Waals surface area contributed by atoms with Gasteiger partial charge < -0.3 is 15.0 Å². The summed E-state index contributed by atoms with van der Waals surface area (Å²) in [6.45, 7) is 10.6. The molecule has 4 nitrogen and oxygen atoms in total. The molecule has 19 heavy (non-hydrogen) atoms. The molecule has 0 aromatic carbocycles. The second-order valence-electron chi connectivity index (χ2n) is 6.87. The Morgan fingerprint density at radius 1 is 1.47 bits per heavy atom. The lowest BCUT2D eigenvalue weighted by Crippen LogP contribution is -2.61. The smallest absolute Gasteiger partial charge is 0.410 e. The molecule has 2 aliphatic heterocycles. The van der Waals surface area contributed by atoms with Gasteiger partial charge in [-0.05, 0) is 46.3 Å². The number of nitrogens with one attached hydrogen (secondary N) is 1. The molecule has 0 spiro atoms. The monoisotopic (exact) mass is 286 g/mol. The number of rotatable bonds is 3. The molecule has 0 aromatic rings. The van der Waals surface area contributed by atoms with Crippen LogP contribution in [0.4, 0.5) is 4.79 Å². The summed E-state index contributed by atoms with van der Waals surface area (Å²) in [6.07, 6.45) is 2.44. The molecule has 0 saturated carbocycles. The number of hydrogen-bond donors (Lipinski definition) is 1. The summed E-state index contributed by atoms with van der Waals surface area (Å²) in [5.74, 6) is 1.28. The van der Waals surface area contributed by atoms with Crippen molar-refractivity contribution in [1.82, 2.24) is 10.2 Å². The van der Waals surface area contributed by atoms with Gasteiger partial charge in [0.1, 0.15) is 5.60 Å². The van der Waals surface area contributed by atoms with Crippen LogP contribution >= 0.6 is 11.8 Å². The molecule has 1 unspecified atom stereocenters. The molecule has 2 fully saturated rings. The lowest BCUT2D eigenvalue weighted by molar-refractivity contribution is 0.00521. The molecule has 2 aliphatic rings. The maximum Gasteiger partial charge on any atom is 0.410 e. The largest absolute Gasteiger partial charge is 0.444 e. The Balaban J connectivity index is 1.65. The van der Waals surface area contributed by atoms with Gasteiger partial charge in [0.25, 0.3) is 0 Å². The van der Waals surface area contributed by atoms with Gasteiger partial charge in [0.05, 0.1) is 0 Å². The first-order chi connectivity index (χ1) is 8.77. The molecule has 2 heterocycles. The van der Waals surface area contributed by atoms with Crippen LogP contribution in [0.15, 0.2) is 0 Å². The van der Waals surface area contributed by atoms with Crippen LogP contribution in [0.3, 0.4) is 0 Å². The molecule has 1 amide bonds. The van der Waals surface area contributed by atoms with Crippen molar-refractivity contribution < 1.29 is 9.53 Å². The van der Waals surface area contributed by atoms with E-state index in [1.165, 1.54) is 18.6 Å². The van der Waals surface area contributed by atoms with Gasteiger partial charge in [0, 0.05) is 30.4 Å². The van der Waals surface area contributed by atoms with Gasteiger partial charge in [-0.2, -0.15) is 11.8 Å². The summed E-state index contributed by atoms with van der Waals surface area (Å²) >= 11 is 2.07. The number of carbonyl (C=O) groups excluding carboxylic acids is 1. The van der Waals surface area contributed by atoms with Crippen molar-refractivity contribution in [3.63, 3.8) is 0 Å². The number of nitrogens with zero attached hydrogens (tertiary/aromatic N) is 1. The molecule has 1 atom stereocenters. The summed E-state index contributed by atoms with van der Waals surface area (Å²) < 4.78 is 5.74. The SMILES string of the molecule is CC(C)(C)OC(=O)N1CC(NCC2(C)CCCS2)C1. The number of thioether (sulfide) groups is 1. The molecular weight excluding hydrogens is 260 g/mol. The van der Waals surface area contributed by atoms with Crippen LogP contribution in [-0.4, -0.2) is 52.8 Å². The van der Waals surface area contributed by atoms with E-state index in [4.69, 9.17) is 4.74 Å². The van der Waals surface area contributed by atoms with Crippen molar-refractivity contribution >= 4 is 17.9 Å². The minimum absolute atomic E-state index is 0.188. The maximum absolute atomic E-state index is 11.8. The van der Waals surface area contributed by atoms with Crippen LogP contribution in [0, 0.1) is 0 Å². The van der Waals surface area contributed by atoms with E-state index in [2.05, 4.69) is 24.0 Å². The number of carbonyl (C=O) groups is 1. The van der Waals surface area contributed by atoms with E-state index >= 15 is 0 Å². The fourth-order valence-corrected chi connectivity index (χ4v) is 3.68. The van der Waals surface area contributed by atoms with E-state index in [0.717, 1.165) is 19.6 Å². The molecule has 5 heteroatoms. The van der Waals surface area contributed by atoms with Gasteiger partial charge in [-0.15, -0.1) is 0 Å². The Morgan fingerprint density at radius 2 is 2.16 bits per heavy atom.